The van der Waals surface area contributed by atoms with Crippen molar-refractivity contribution in [1.82, 2.24) is 20.1 Å². The van der Waals surface area contributed by atoms with Crippen LogP contribution in [0, 0.1) is 0 Å². The standard InChI is InChI=1S/C24H29N5O4S/c1-4-16-8-6-7-9-19(16)25-21(31)15-34-24-28-27-22(29(24)5-2)20(14-30)26-23(32)17-10-12-18(33-3)13-11-17/h6-13,20,30H,4-5,14-15H2,1-3H3,(H,25,31)(H,26,32)/t20-/m0/s1. The highest BCUT2D eigenvalue weighted by Crippen LogP contribution is 2.22. The number of amides is 2. The van der Waals surface area contributed by atoms with E-state index in [1.54, 1.807) is 35.9 Å². The second kappa shape index (κ2) is 12.2. The van der Waals surface area contributed by atoms with E-state index in [-0.39, 0.29) is 24.2 Å². The third kappa shape index (κ3) is 6.15. The molecule has 2 aromatic carbocycles. The van der Waals surface area contributed by atoms with Crippen LogP contribution in [0.2, 0.25) is 0 Å². The fourth-order valence-corrected chi connectivity index (χ4v) is 4.21. The van der Waals surface area contributed by atoms with Gasteiger partial charge in [0.25, 0.3) is 5.91 Å². The molecule has 1 atom stereocenters. The lowest BCUT2D eigenvalue weighted by Gasteiger charge is -2.17. The topological polar surface area (TPSA) is 118 Å². The minimum atomic E-state index is -0.748. The number of nitrogens with zero attached hydrogens (tertiary/aromatic N) is 3. The van der Waals surface area contributed by atoms with Gasteiger partial charge in [0.2, 0.25) is 5.91 Å². The molecule has 0 spiro atoms. The molecule has 1 heterocycles. The van der Waals surface area contributed by atoms with Gasteiger partial charge in [0.05, 0.1) is 19.5 Å². The van der Waals surface area contributed by atoms with Crippen molar-refractivity contribution in [1.29, 1.82) is 0 Å². The van der Waals surface area contributed by atoms with Crippen LogP contribution < -0.4 is 15.4 Å². The molecule has 0 aliphatic heterocycles. The number of hydrogen-bond donors (Lipinski definition) is 3. The largest absolute Gasteiger partial charge is 0.497 e. The van der Waals surface area contributed by atoms with Gasteiger partial charge in [-0.3, -0.25) is 9.59 Å². The van der Waals surface area contributed by atoms with Crippen molar-refractivity contribution < 1.29 is 19.4 Å². The first-order valence-electron chi connectivity index (χ1n) is 11.0. The number of carbonyl (C=O) groups is 2. The Kier molecular flexibility index (Phi) is 9.06. The van der Waals surface area contributed by atoms with Crippen LogP contribution in [0.5, 0.6) is 5.75 Å². The van der Waals surface area contributed by atoms with Crippen LogP contribution in [-0.4, -0.2) is 51.2 Å². The van der Waals surface area contributed by atoms with Gasteiger partial charge in [0.15, 0.2) is 11.0 Å². The number of nitrogens with one attached hydrogen (secondary N) is 2. The Morgan fingerprint density at radius 3 is 2.50 bits per heavy atom. The average Bonchev–Trinajstić information content (AvgIpc) is 3.29. The second-order valence-electron chi connectivity index (χ2n) is 7.37. The van der Waals surface area contributed by atoms with Crippen molar-refractivity contribution in [3.63, 3.8) is 0 Å². The van der Waals surface area contributed by atoms with Gasteiger partial charge >= 0.3 is 0 Å². The molecule has 0 bridgehead atoms. The smallest absolute Gasteiger partial charge is 0.251 e. The van der Waals surface area contributed by atoms with Crippen LogP contribution >= 0.6 is 11.8 Å². The number of thioether (sulfide) groups is 1. The van der Waals surface area contributed by atoms with Crippen LogP contribution in [0.1, 0.15) is 41.6 Å². The normalized spacial score (nSPS) is 11.6. The van der Waals surface area contributed by atoms with Crippen LogP contribution in [0.3, 0.4) is 0 Å². The summed E-state index contributed by atoms with van der Waals surface area (Å²) in [6.45, 7) is 4.11. The number of aliphatic hydroxyl groups excluding tert-OH is 1. The molecule has 0 aliphatic rings. The van der Waals surface area contributed by atoms with E-state index >= 15 is 0 Å². The Morgan fingerprint density at radius 2 is 1.85 bits per heavy atom. The van der Waals surface area contributed by atoms with Gasteiger partial charge in [0, 0.05) is 17.8 Å². The van der Waals surface area contributed by atoms with E-state index in [9.17, 15) is 14.7 Å². The van der Waals surface area contributed by atoms with Crippen molar-refractivity contribution in [2.45, 2.75) is 38.0 Å². The van der Waals surface area contributed by atoms with Crippen molar-refractivity contribution in [3.05, 3.63) is 65.5 Å². The number of aromatic nitrogens is 3. The van der Waals surface area contributed by atoms with Crippen molar-refractivity contribution in [2.75, 3.05) is 24.8 Å². The zero-order valence-electron chi connectivity index (χ0n) is 19.4. The number of benzene rings is 2. The highest BCUT2D eigenvalue weighted by molar-refractivity contribution is 7.99. The fraction of sp³-hybridized carbons (Fsp3) is 0.333. The maximum Gasteiger partial charge on any atom is 0.251 e. The van der Waals surface area contributed by atoms with Crippen LogP contribution in [0.4, 0.5) is 5.69 Å². The molecular formula is C24H29N5O4S. The molecule has 2 amide bonds. The summed E-state index contributed by atoms with van der Waals surface area (Å²) < 4.78 is 6.90. The lowest BCUT2D eigenvalue weighted by molar-refractivity contribution is -0.113. The molecule has 3 rings (SSSR count). The SMILES string of the molecule is CCc1ccccc1NC(=O)CSc1nnc([C@H](CO)NC(=O)c2ccc(OC)cc2)n1CC. The molecule has 0 saturated carbocycles. The Bertz CT molecular complexity index is 1120. The molecule has 3 N–H and O–H groups in total. The molecule has 3 aromatic rings. The van der Waals surface area contributed by atoms with Gasteiger partial charge in [-0.25, -0.2) is 0 Å². The van der Waals surface area contributed by atoms with E-state index in [1.807, 2.05) is 38.1 Å². The predicted octanol–water partition coefficient (Wildman–Crippen LogP) is 3.06. The number of methoxy groups -OCH3 is 1. The molecule has 34 heavy (non-hydrogen) atoms. The van der Waals surface area contributed by atoms with Gasteiger partial charge in [-0.1, -0.05) is 36.9 Å². The lowest BCUT2D eigenvalue weighted by atomic mass is 10.1. The average molecular weight is 484 g/mol. The highest BCUT2D eigenvalue weighted by Gasteiger charge is 2.23. The summed E-state index contributed by atoms with van der Waals surface area (Å²) in [5.74, 6) is 0.717. The van der Waals surface area contributed by atoms with Gasteiger partial charge in [0.1, 0.15) is 11.8 Å². The molecular weight excluding hydrogens is 454 g/mol. The van der Waals surface area contributed by atoms with E-state index in [2.05, 4.69) is 20.8 Å². The number of aliphatic hydroxyl groups is 1. The minimum Gasteiger partial charge on any atom is -0.497 e. The number of carbonyl (C=O) groups excluding carboxylic acids is 2. The van der Waals surface area contributed by atoms with Crippen LogP contribution in [0.25, 0.3) is 0 Å². The summed E-state index contributed by atoms with van der Waals surface area (Å²) in [5, 5.41) is 24.6. The fourth-order valence-electron chi connectivity index (χ4n) is 3.40. The minimum absolute atomic E-state index is 0.149. The second-order valence-corrected chi connectivity index (χ2v) is 8.31. The predicted molar refractivity (Wildman–Crippen MR) is 131 cm³/mol. The van der Waals surface area contributed by atoms with Crippen LogP contribution in [0.15, 0.2) is 53.7 Å². The molecule has 0 fully saturated rings. The number of para-hydroxylation sites is 1. The third-order valence-electron chi connectivity index (χ3n) is 5.22. The Hall–Kier alpha value is -3.37. The summed E-state index contributed by atoms with van der Waals surface area (Å²) in [5.41, 5.74) is 2.30. The first-order chi connectivity index (χ1) is 16.5. The van der Waals surface area contributed by atoms with Gasteiger partial charge in [-0.2, -0.15) is 0 Å². The summed E-state index contributed by atoms with van der Waals surface area (Å²) in [6.07, 6.45) is 0.821. The summed E-state index contributed by atoms with van der Waals surface area (Å²) in [4.78, 5) is 25.2. The summed E-state index contributed by atoms with van der Waals surface area (Å²) in [6, 6.07) is 13.6. The van der Waals surface area contributed by atoms with Crippen molar-refractivity contribution >= 4 is 29.3 Å². The van der Waals surface area contributed by atoms with E-state index in [0.717, 1.165) is 17.7 Å². The maximum atomic E-state index is 12.7. The zero-order valence-corrected chi connectivity index (χ0v) is 20.3. The van der Waals surface area contributed by atoms with E-state index < -0.39 is 6.04 Å². The number of ether oxygens (including phenoxy) is 1. The molecule has 9 nitrogen and oxygen atoms in total. The third-order valence-corrected chi connectivity index (χ3v) is 6.18. The monoisotopic (exact) mass is 483 g/mol. The quantitative estimate of drug-likeness (QED) is 0.359. The molecule has 1 aromatic heterocycles. The summed E-state index contributed by atoms with van der Waals surface area (Å²) >= 11 is 1.25. The maximum absolute atomic E-state index is 12.7. The summed E-state index contributed by atoms with van der Waals surface area (Å²) in [7, 11) is 1.55. The van der Waals surface area contributed by atoms with Gasteiger partial charge in [-0.15, -0.1) is 10.2 Å². The lowest BCUT2D eigenvalue weighted by Crippen LogP contribution is -2.32. The molecule has 0 unspecified atom stereocenters. The molecule has 10 heteroatoms. The Labute approximate surface area is 202 Å². The Balaban J connectivity index is 1.66. The number of hydrogen-bond acceptors (Lipinski definition) is 7. The zero-order chi connectivity index (χ0) is 24.5. The van der Waals surface area contributed by atoms with Gasteiger partial charge < -0.3 is 25.0 Å². The first kappa shape index (κ1) is 25.3. The first-order valence-corrected chi connectivity index (χ1v) is 12.0. The molecule has 180 valence electrons. The number of aryl methyl sites for hydroxylation is 1. The van der Waals surface area contributed by atoms with E-state index in [0.29, 0.717) is 28.8 Å². The number of anilines is 1. The Morgan fingerprint density at radius 1 is 1.12 bits per heavy atom. The van der Waals surface area contributed by atoms with E-state index in [1.165, 1.54) is 11.8 Å². The van der Waals surface area contributed by atoms with Crippen LogP contribution in [-0.2, 0) is 17.8 Å². The van der Waals surface area contributed by atoms with E-state index in [4.69, 9.17) is 4.74 Å². The number of rotatable bonds is 11. The van der Waals surface area contributed by atoms with Crippen molar-refractivity contribution in [2.24, 2.45) is 0 Å². The molecule has 0 aliphatic carbocycles. The molecule has 0 saturated heterocycles. The van der Waals surface area contributed by atoms with Crippen molar-refractivity contribution in [3.8, 4) is 5.75 Å². The van der Waals surface area contributed by atoms with Gasteiger partial charge in [-0.05, 0) is 49.2 Å². The highest BCUT2D eigenvalue weighted by atomic mass is 32.2. The molecule has 0 radical (unpaired) electrons.